The van der Waals surface area contributed by atoms with Crippen molar-refractivity contribution < 1.29 is 18.4 Å². The van der Waals surface area contributed by atoms with Crippen molar-refractivity contribution in [3.05, 3.63) is 80.6 Å². The Morgan fingerprint density at radius 1 is 1.03 bits per heavy atom. The van der Waals surface area contributed by atoms with Crippen LogP contribution in [0.5, 0.6) is 0 Å². The molecule has 0 radical (unpaired) electrons. The van der Waals surface area contributed by atoms with Gasteiger partial charge in [0.2, 0.25) is 0 Å². The van der Waals surface area contributed by atoms with Crippen LogP contribution in [0.25, 0.3) is 22.1 Å². The van der Waals surface area contributed by atoms with Gasteiger partial charge in [-0.2, -0.15) is 0 Å². The molecule has 0 spiro atoms. The van der Waals surface area contributed by atoms with Crippen molar-refractivity contribution in [1.82, 2.24) is 4.57 Å². The predicted octanol–water partition coefficient (Wildman–Crippen LogP) is 3.40. The number of aromatic nitrogens is 1. The molecule has 0 aliphatic heterocycles. The van der Waals surface area contributed by atoms with Gasteiger partial charge in [0, 0.05) is 23.6 Å². The second-order valence-electron chi connectivity index (χ2n) is 6.67. The molecule has 0 aliphatic carbocycles. The van der Waals surface area contributed by atoms with E-state index in [1.165, 1.54) is 10.6 Å². The maximum atomic E-state index is 12.2. The Morgan fingerprint density at radius 2 is 1.86 bits per heavy atom. The number of carbonyl (C=O) groups is 1. The van der Waals surface area contributed by atoms with Crippen molar-refractivity contribution in [2.45, 2.75) is 32.9 Å². The number of para-hydroxylation sites is 2. The SMILES string of the molecule is CCc1ccc2c(COC(=O)CCn3c(=O)oc4ccccc43)cc(=O)oc2c1. The van der Waals surface area contributed by atoms with Gasteiger partial charge < -0.3 is 13.6 Å². The predicted molar refractivity (Wildman–Crippen MR) is 107 cm³/mol. The monoisotopic (exact) mass is 393 g/mol. The van der Waals surface area contributed by atoms with Gasteiger partial charge in [0.25, 0.3) is 0 Å². The number of carbonyl (C=O) groups excluding carboxylic acids is 1. The number of nitrogens with zero attached hydrogens (tertiary/aromatic N) is 1. The van der Waals surface area contributed by atoms with Gasteiger partial charge >= 0.3 is 17.4 Å². The summed E-state index contributed by atoms with van der Waals surface area (Å²) in [6.07, 6.45) is 0.823. The zero-order chi connectivity index (χ0) is 20.4. The lowest BCUT2D eigenvalue weighted by Crippen LogP contribution is -2.17. The first-order valence-corrected chi connectivity index (χ1v) is 9.35. The van der Waals surface area contributed by atoms with Crippen molar-refractivity contribution in [3.8, 4) is 0 Å². The first-order chi connectivity index (χ1) is 14.0. The number of rotatable bonds is 6. The fourth-order valence-electron chi connectivity index (χ4n) is 3.27. The molecule has 0 saturated carbocycles. The minimum Gasteiger partial charge on any atom is -0.461 e. The maximum absolute atomic E-state index is 12.2. The van der Waals surface area contributed by atoms with E-state index in [0.717, 1.165) is 17.4 Å². The van der Waals surface area contributed by atoms with Crippen LogP contribution in [0, 0.1) is 0 Å². The molecule has 0 atom stereocenters. The highest BCUT2D eigenvalue weighted by Crippen LogP contribution is 2.20. The normalized spacial score (nSPS) is 11.2. The second-order valence-corrected chi connectivity index (χ2v) is 6.67. The molecule has 7 nitrogen and oxygen atoms in total. The molecule has 148 valence electrons. The van der Waals surface area contributed by atoms with Gasteiger partial charge in [-0.05, 0) is 30.2 Å². The molecule has 0 aliphatic rings. The van der Waals surface area contributed by atoms with Gasteiger partial charge in [-0.15, -0.1) is 0 Å². The fraction of sp³-hybridized carbons (Fsp3) is 0.227. The Bertz CT molecular complexity index is 1310. The van der Waals surface area contributed by atoms with Crippen LogP contribution in [0.1, 0.15) is 24.5 Å². The maximum Gasteiger partial charge on any atom is 0.419 e. The summed E-state index contributed by atoms with van der Waals surface area (Å²) in [6, 6.07) is 14.0. The molecular formula is C22H19NO6. The second kappa shape index (κ2) is 7.79. The van der Waals surface area contributed by atoms with Gasteiger partial charge in [-0.3, -0.25) is 9.36 Å². The van der Waals surface area contributed by atoms with Gasteiger partial charge in [-0.25, -0.2) is 9.59 Å². The van der Waals surface area contributed by atoms with Gasteiger partial charge in [0.15, 0.2) is 5.58 Å². The summed E-state index contributed by atoms with van der Waals surface area (Å²) in [5, 5.41) is 0.728. The molecule has 29 heavy (non-hydrogen) atoms. The number of benzene rings is 2. The molecule has 2 heterocycles. The lowest BCUT2D eigenvalue weighted by molar-refractivity contribution is -0.145. The zero-order valence-electron chi connectivity index (χ0n) is 15.8. The lowest BCUT2D eigenvalue weighted by atomic mass is 10.1. The molecule has 0 amide bonds. The van der Waals surface area contributed by atoms with E-state index in [2.05, 4.69) is 0 Å². The highest BCUT2D eigenvalue weighted by Gasteiger charge is 2.13. The number of hydrogen-bond donors (Lipinski definition) is 0. The average molecular weight is 393 g/mol. The van der Waals surface area contributed by atoms with Gasteiger partial charge in [0.1, 0.15) is 12.2 Å². The van der Waals surface area contributed by atoms with E-state index in [0.29, 0.717) is 22.2 Å². The third-order valence-electron chi connectivity index (χ3n) is 4.80. The van der Waals surface area contributed by atoms with Crippen LogP contribution in [-0.4, -0.2) is 10.5 Å². The summed E-state index contributed by atoms with van der Waals surface area (Å²) >= 11 is 0. The summed E-state index contributed by atoms with van der Waals surface area (Å²) < 4.78 is 17.1. The Balaban J connectivity index is 1.46. The number of fused-ring (bicyclic) bond motifs is 2. The summed E-state index contributed by atoms with van der Waals surface area (Å²) in [4.78, 5) is 36.0. The van der Waals surface area contributed by atoms with Gasteiger partial charge in [-0.1, -0.05) is 31.2 Å². The highest BCUT2D eigenvalue weighted by molar-refractivity contribution is 5.81. The third-order valence-corrected chi connectivity index (χ3v) is 4.80. The molecule has 0 saturated heterocycles. The van der Waals surface area contributed by atoms with Crippen molar-refractivity contribution in [3.63, 3.8) is 0 Å². The zero-order valence-corrected chi connectivity index (χ0v) is 15.8. The molecule has 0 unspecified atom stereocenters. The van der Waals surface area contributed by atoms with E-state index in [-0.39, 0.29) is 19.6 Å². The minimum absolute atomic E-state index is 0.00277. The molecule has 2 aromatic heterocycles. The number of hydrogen-bond acceptors (Lipinski definition) is 6. The van der Waals surface area contributed by atoms with Crippen molar-refractivity contribution >= 4 is 28.0 Å². The first kappa shape index (κ1) is 18.7. The molecule has 2 aromatic carbocycles. The van der Waals surface area contributed by atoms with E-state index < -0.39 is 17.4 Å². The number of oxazole rings is 1. The summed E-state index contributed by atoms with van der Waals surface area (Å²) in [5.74, 6) is -0.994. The Hall–Kier alpha value is -3.61. The van der Waals surface area contributed by atoms with E-state index in [4.69, 9.17) is 13.6 Å². The minimum atomic E-state index is -0.516. The van der Waals surface area contributed by atoms with Crippen LogP contribution in [0.15, 0.2) is 67.0 Å². The molecule has 0 bridgehead atoms. The van der Waals surface area contributed by atoms with E-state index in [1.807, 2.05) is 25.1 Å². The van der Waals surface area contributed by atoms with Crippen LogP contribution in [0.3, 0.4) is 0 Å². The number of ether oxygens (including phenoxy) is 1. The fourth-order valence-corrected chi connectivity index (χ4v) is 3.27. The molecule has 0 N–H and O–H groups in total. The van der Waals surface area contributed by atoms with E-state index >= 15 is 0 Å². The summed E-state index contributed by atoms with van der Waals surface area (Å²) in [6.45, 7) is 2.11. The van der Waals surface area contributed by atoms with Crippen LogP contribution in [-0.2, 0) is 29.1 Å². The van der Waals surface area contributed by atoms with Crippen LogP contribution >= 0.6 is 0 Å². The standard InChI is InChI=1S/C22H19NO6/c1-2-14-7-8-16-15(12-21(25)28-19(16)11-14)13-27-20(24)9-10-23-17-5-3-4-6-18(17)29-22(23)26/h3-8,11-12H,2,9-10,13H2,1H3. The van der Waals surface area contributed by atoms with E-state index in [9.17, 15) is 14.4 Å². The molecule has 7 heteroatoms. The summed E-state index contributed by atoms with van der Waals surface area (Å²) in [5.41, 5.74) is 2.71. The number of aryl methyl sites for hydroxylation is 2. The Kier molecular flexibility index (Phi) is 5.03. The van der Waals surface area contributed by atoms with Crippen molar-refractivity contribution in [2.75, 3.05) is 0 Å². The van der Waals surface area contributed by atoms with Crippen LogP contribution in [0.4, 0.5) is 0 Å². The Morgan fingerprint density at radius 3 is 2.69 bits per heavy atom. The topological polar surface area (TPSA) is 91.6 Å². The molecule has 4 rings (SSSR count). The van der Waals surface area contributed by atoms with Gasteiger partial charge in [0.05, 0.1) is 11.9 Å². The Labute approximate surface area is 165 Å². The van der Waals surface area contributed by atoms with Crippen molar-refractivity contribution in [2.24, 2.45) is 0 Å². The highest BCUT2D eigenvalue weighted by atomic mass is 16.5. The van der Waals surface area contributed by atoms with E-state index in [1.54, 1.807) is 24.3 Å². The quantitative estimate of drug-likeness (QED) is 0.368. The average Bonchev–Trinajstić information content (AvgIpc) is 3.04. The summed E-state index contributed by atoms with van der Waals surface area (Å²) in [7, 11) is 0. The molecular weight excluding hydrogens is 374 g/mol. The van der Waals surface area contributed by atoms with Crippen LogP contribution in [0.2, 0.25) is 0 Å². The van der Waals surface area contributed by atoms with Crippen molar-refractivity contribution in [1.29, 1.82) is 0 Å². The number of esters is 1. The molecule has 4 aromatic rings. The lowest BCUT2D eigenvalue weighted by Gasteiger charge is -2.08. The first-order valence-electron chi connectivity index (χ1n) is 9.35. The van der Waals surface area contributed by atoms with Crippen LogP contribution < -0.4 is 11.4 Å². The largest absolute Gasteiger partial charge is 0.461 e. The third kappa shape index (κ3) is 3.85. The smallest absolute Gasteiger partial charge is 0.419 e. The molecule has 0 fully saturated rings.